The van der Waals surface area contributed by atoms with E-state index < -0.39 is 0 Å². The van der Waals surface area contributed by atoms with E-state index in [-0.39, 0.29) is 12.1 Å². The maximum atomic E-state index is 11.7. The highest BCUT2D eigenvalue weighted by atomic mass is 16.5. The van der Waals surface area contributed by atoms with Crippen molar-refractivity contribution in [3.8, 4) is 0 Å². The molecular weight excluding hydrogens is 216 g/mol. The van der Waals surface area contributed by atoms with Crippen LogP contribution in [0.5, 0.6) is 0 Å². The molecule has 0 radical (unpaired) electrons. The number of carbonyl (C=O) groups excluding carboxylic acids is 1. The van der Waals surface area contributed by atoms with Crippen LogP contribution in [0.15, 0.2) is 40.0 Å². The fourth-order valence-corrected chi connectivity index (χ4v) is 2.36. The second-order valence-electron chi connectivity index (χ2n) is 4.58. The number of esters is 1. The summed E-state index contributed by atoms with van der Waals surface area (Å²) in [5.41, 5.74) is 3.03. The van der Waals surface area contributed by atoms with Crippen LogP contribution in [0, 0.1) is 0 Å². The van der Waals surface area contributed by atoms with Gasteiger partial charge in [0.1, 0.15) is 11.9 Å². The fraction of sp³-hybridized carbons (Fsp3) is 0.357. The first-order valence-corrected chi connectivity index (χ1v) is 5.87. The van der Waals surface area contributed by atoms with E-state index in [2.05, 4.69) is 13.0 Å². The fourth-order valence-electron chi connectivity index (χ4n) is 2.36. The van der Waals surface area contributed by atoms with Gasteiger partial charge in [-0.25, -0.2) is 4.79 Å². The third kappa shape index (κ3) is 1.82. The largest absolute Gasteiger partial charge is 0.469 e. The summed E-state index contributed by atoms with van der Waals surface area (Å²) in [6.07, 6.45) is 7.94. The number of hydrogen-bond acceptors (Lipinski definition) is 3. The molecule has 0 aromatic carbocycles. The predicted molar refractivity (Wildman–Crippen MR) is 62.3 cm³/mol. The van der Waals surface area contributed by atoms with Crippen molar-refractivity contribution in [2.24, 2.45) is 0 Å². The van der Waals surface area contributed by atoms with Crippen LogP contribution in [-0.2, 0) is 16.0 Å². The molecule has 1 aromatic rings. The molecule has 0 N–H and O–H groups in total. The number of furan rings is 1. The number of allylic oxidation sites excluding steroid dienone is 2. The highest BCUT2D eigenvalue weighted by molar-refractivity contribution is 5.91. The molecule has 0 spiro atoms. The first-order chi connectivity index (χ1) is 8.24. The molecule has 2 aliphatic rings. The van der Waals surface area contributed by atoms with Crippen molar-refractivity contribution in [1.82, 2.24) is 0 Å². The molecule has 2 heterocycles. The van der Waals surface area contributed by atoms with Crippen LogP contribution in [0.3, 0.4) is 0 Å². The van der Waals surface area contributed by atoms with Gasteiger partial charge in [0.15, 0.2) is 0 Å². The molecule has 0 amide bonds. The third-order valence-corrected chi connectivity index (χ3v) is 3.28. The standard InChI is InChI=1S/C14H14O3/c1-9-3-2-4-10-8-13(17-14(10)15)11-5-6-16-12(11)7-9/h3,5-6,8,13H,2,4,7H2,1H3/b9-3+/t13-/m1/s1. The van der Waals surface area contributed by atoms with Gasteiger partial charge in [0, 0.05) is 17.6 Å². The summed E-state index contributed by atoms with van der Waals surface area (Å²) in [5, 5.41) is 0. The minimum Gasteiger partial charge on any atom is -0.469 e. The Morgan fingerprint density at radius 1 is 1.41 bits per heavy atom. The lowest BCUT2D eigenvalue weighted by Gasteiger charge is -2.08. The lowest BCUT2D eigenvalue weighted by Crippen LogP contribution is -2.03. The van der Waals surface area contributed by atoms with Crippen molar-refractivity contribution in [2.75, 3.05) is 0 Å². The maximum Gasteiger partial charge on any atom is 0.334 e. The number of hydrogen-bond donors (Lipinski definition) is 0. The van der Waals surface area contributed by atoms with Gasteiger partial charge in [0.05, 0.1) is 6.26 Å². The van der Waals surface area contributed by atoms with E-state index in [4.69, 9.17) is 9.15 Å². The van der Waals surface area contributed by atoms with Crippen molar-refractivity contribution in [2.45, 2.75) is 32.3 Å². The summed E-state index contributed by atoms with van der Waals surface area (Å²) in [7, 11) is 0. The molecule has 2 bridgehead atoms. The van der Waals surface area contributed by atoms with Gasteiger partial charge in [-0.3, -0.25) is 0 Å². The predicted octanol–water partition coefficient (Wildman–Crippen LogP) is 3.09. The smallest absolute Gasteiger partial charge is 0.334 e. The normalized spacial score (nSPS) is 26.6. The van der Waals surface area contributed by atoms with Crippen LogP contribution >= 0.6 is 0 Å². The van der Waals surface area contributed by atoms with Crippen molar-refractivity contribution in [3.63, 3.8) is 0 Å². The van der Waals surface area contributed by atoms with Crippen molar-refractivity contribution in [1.29, 1.82) is 0 Å². The zero-order chi connectivity index (χ0) is 11.8. The van der Waals surface area contributed by atoms with E-state index in [1.54, 1.807) is 6.26 Å². The van der Waals surface area contributed by atoms with E-state index >= 15 is 0 Å². The molecule has 1 aromatic heterocycles. The molecule has 1 atom stereocenters. The molecule has 17 heavy (non-hydrogen) atoms. The van der Waals surface area contributed by atoms with Crippen LogP contribution in [0.2, 0.25) is 0 Å². The van der Waals surface area contributed by atoms with Gasteiger partial charge in [0.2, 0.25) is 0 Å². The molecule has 0 unspecified atom stereocenters. The first-order valence-electron chi connectivity index (χ1n) is 5.87. The highest BCUT2D eigenvalue weighted by Gasteiger charge is 2.29. The lowest BCUT2D eigenvalue weighted by molar-refractivity contribution is -0.140. The number of fused-ring (bicyclic) bond motifs is 3. The van der Waals surface area contributed by atoms with E-state index in [1.165, 1.54) is 5.57 Å². The molecule has 0 fully saturated rings. The molecule has 3 rings (SSSR count). The van der Waals surface area contributed by atoms with E-state index in [0.717, 1.165) is 36.2 Å². The SMILES string of the molecule is C/C1=C\CCC2=C[C@@H](OC2=O)c2ccoc2C1. The van der Waals surface area contributed by atoms with Crippen molar-refractivity contribution >= 4 is 5.97 Å². The number of ether oxygens (including phenoxy) is 1. The Morgan fingerprint density at radius 3 is 3.18 bits per heavy atom. The van der Waals surface area contributed by atoms with Gasteiger partial charge in [-0.2, -0.15) is 0 Å². The summed E-state index contributed by atoms with van der Waals surface area (Å²) in [6.45, 7) is 2.09. The number of carbonyl (C=O) groups is 1. The molecule has 0 saturated carbocycles. The van der Waals surface area contributed by atoms with Gasteiger partial charge in [-0.15, -0.1) is 0 Å². The van der Waals surface area contributed by atoms with Gasteiger partial charge in [-0.1, -0.05) is 11.6 Å². The van der Waals surface area contributed by atoms with E-state index in [9.17, 15) is 4.79 Å². The quantitative estimate of drug-likeness (QED) is 0.508. The second-order valence-corrected chi connectivity index (χ2v) is 4.58. The molecule has 3 heteroatoms. The number of rotatable bonds is 0. The summed E-state index contributed by atoms with van der Waals surface area (Å²) in [4.78, 5) is 11.7. The Morgan fingerprint density at radius 2 is 2.29 bits per heavy atom. The Kier molecular flexibility index (Phi) is 2.39. The van der Waals surface area contributed by atoms with Gasteiger partial charge < -0.3 is 9.15 Å². The zero-order valence-corrected chi connectivity index (χ0v) is 9.73. The maximum absolute atomic E-state index is 11.7. The summed E-state index contributed by atoms with van der Waals surface area (Å²) >= 11 is 0. The van der Waals surface area contributed by atoms with Gasteiger partial charge in [-0.05, 0) is 31.9 Å². The minimum absolute atomic E-state index is 0.185. The first kappa shape index (κ1) is 10.4. The molecular formula is C14H14O3. The second kappa shape index (κ2) is 3.91. The van der Waals surface area contributed by atoms with Crippen LogP contribution in [-0.4, -0.2) is 5.97 Å². The molecule has 1 aliphatic heterocycles. The Bertz CT molecular complexity index is 519. The van der Waals surface area contributed by atoms with Crippen LogP contribution in [0.25, 0.3) is 0 Å². The van der Waals surface area contributed by atoms with Crippen LogP contribution in [0.1, 0.15) is 37.2 Å². The lowest BCUT2D eigenvalue weighted by atomic mass is 10.00. The Hall–Kier alpha value is -1.77. The van der Waals surface area contributed by atoms with Crippen LogP contribution in [0.4, 0.5) is 0 Å². The topological polar surface area (TPSA) is 39.4 Å². The molecule has 1 aliphatic carbocycles. The van der Waals surface area contributed by atoms with Crippen molar-refractivity contribution < 1.29 is 13.9 Å². The third-order valence-electron chi connectivity index (χ3n) is 3.28. The minimum atomic E-state index is -0.253. The van der Waals surface area contributed by atoms with Crippen molar-refractivity contribution in [3.05, 3.63) is 47.0 Å². The Balaban J connectivity index is 2.05. The van der Waals surface area contributed by atoms with Gasteiger partial charge in [0.25, 0.3) is 0 Å². The highest BCUT2D eigenvalue weighted by Crippen LogP contribution is 2.34. The summed E-state index contributed by atoms with van der Waals surface area (Å²) in [5.74, 6) is 0.714. The van der Waals surface area contributed by atoms with E-state index in [1.807, 2.05) is 12.1 Å². The molecule has 3 nitrogen and oxygen atoms in total. The summed E-state index contributed by atoms with van der Waals surface area (Å²) in [6, 6.07) is 1.89. The van der Waals surface area contributed by atoms with Crippen LogP contribution < -0.4 is 0 Å². The average molecular weight is 230 g/mol. The molecule has 88 valence electrons. The monoisotopic (exact) mass is 230 g/mol. The van der Waals surface area contributed by atoms with E-state index in [0.29, 0.717) is 0 Å². The Labute approximate surface area is 99.8 Å². The molecule has 0 saturated heterocycles. The summed E-state index contributed by atoms with van der Waals surface area (Å²) < 4.78 is 10.8. The average Bonchev–Trinajstić information content (AvgIpc) is 2.86. The van der Waals surface area contributed by atoms with Gasteiger partial charge >= 0.3 is 5.97 Å². The zero-order valence-electron chi connectivity index (χ0n) is 9.73.